The second kappa shape index (κ2) is 15.2. The van der Waals surface area contributed by atoms with Crippen molar-refractivity contribution in [1.82, 2.24) is 19.9 Å². The van der Waals surface area contributed by atoms with Crippen LogP contribution in [0, 0.1) is 13.8 Å². The van der Waals surface area contributed by atoms with E-state index in [0.717, 1.165) is 83.7 Å². The van der Waals surface area contributed by atoms with Crippen LogP contribution in [-0.4, -0.2) is 42.1 Å². The number of aliphatic carboxylic acids is 2. The fourth-order valence-corrected chi connectivity index (χ4v) is 5.77. The molecule has 3 aromatic rings. The van der Waals surface area contributed by atoms with Gasteiger partial charge in [-0.15, -0.1) is 6.58 Å². The van der Waals surface area contributed by atoms with Crippen molar-refractivity contribution in [3.05, 3.63) is 101 Å². The van der Waals surface area contributed by atoms with Crippen LogP contribution in [0.5, 0.6) is 0 Å². The Morgan fingerprint density at radius 3 is 1.81 bits per heavy atom. The van der Waals surface area contributed by atoms with E-state index in [1.54, 1.807) is 6.08 Å². The van der Waals surface area contributed by atoms with E-state index in [1.165, 1.54) is 5.57 Å². The van der Waals surface area contributed by atoms with Crippen molar-refractivity contribution in [3.8, 4) is 0 Å². The minimum atomic E-state index is -0.883. The molecule has 47 heavy (non-hydrogen) atoms. The van der Waals surface area contributed by atoms with Gasteiger partial charge in [0.05, 0.1) is 22.8 Å². The molecule has 5 rings (SSSR count). The zero-order valence-corrected chi connectivity index (χ0v) is 28.9. The van der Waals surface area contributed by atoms with Gasteiger partial charge in [-0.2, -0.15) is 0 Å². The zero-order chi connectivity index (χ0) is 33.9. The third-order valence-corrected chi connectivity index (χ3v) is 8.22. The molecule has 3 aromatic heterocycles. The molecule has 8 bridgehead atoms. The van der Waals surface area contributed by atoms with Crippen LogP contribution in [0.4, 0.5) is 0 Å². The minimum Gasteiger partial charge on any atom is -0.481 e. The van der Waals surface area contributed by atoms with Crippen LogP contribution in [0.2, 0.25) is 0 Å². The van der Waals surface area contributed by atoms with Gasteiger partial charge in [-0.1, -0.05) is 30.9 Å². The van der Waals surface area contributed by atoms with Gasteiger partial charge in [0, 0.05) is 62.8 Å². The van der Waals surface area contributed by atoms with Gasteiger partial charge in [0.1, 0.15) is 0 Å². The van der Waals surface area contributed by atoms with Crippen LogP contribution in [0.1, 0.15) is 92.0 Å². The van der Waals surface area contributed by atoms with Crippen LogP contribution < -0.4 is 0 Å². The van der Waals surface area contributed by atoms with Gasteiger partial charge >= 0.3 is 11.9 Å². The van der Waals surface area contributed by atoms with E-state index in [-0.39, 0.29) is 29.6 Å². The first-order chi connectivity index (χ1) is 21.7. The summed E-state index contributed by atoms with van der Waals surface area (Å²) in [7, 11) is 0. The Bertz CT molecular complexity index is 2020. The first-order valence-corrected chi connectivity index (χ1v) is 15.2. The Morgan fingerprint density at radius 1 is 0.723 bits per heavy atom. The normalized spacial score (nSPS) is 12.2. The van der Waals surface area contributed by atoms with Crippen molar-refractivity contribution in [2.24, 2.45) is 0 Å². The molecule has 0 atom stereocenters. The fourth-order valence-electron chi connectivity index (χ4n) is 5.77. The van der Waals surface area contributed by atoms with Gasteiger partial charge in [0.2, 0.25) is 0 Å². The topological polar surface area (TPSA) is 132 Å². The number of carboxylic acids is 2. The number of rotatable bonds is 8. The molecule has 0 spiro atoms. The van der Waals surface area contributed by atoms with Crippen LogP contribution >= 0.6 is 0 Å². The Balaban J connectivity index is 0.00000114. The van der Waals surface area contributed by atoms with E-state index >= 15 is 0 Å². The molecule has 4 N–H and O–H groups in total. The Hall–Kier alpha value is -4.73. The Kier molecular flexibility index (Phi) is 11.9. The summed E-state index contributed by atoms with van der Waals surface area (Å²) in [4.78, 5) is 40.0. The molecule has 0 amide bonds. The smallest absolute Gasteiger partial charge is 0.303 e. The zero-order valence-electron chi connectivity index (χ0n) is 27.9. The molecular weight excluding hydrogens is 635 g/mol. The summed E-state index contributed by atoms with van der Waals surface area (Å²) in [6.45, 7) is 23.5. The molecule has 0 saturated carbocycles. The molecule has 0 saturated heterocycles. The van der Waals surface area contributed by atoms with Gasteiger partial charge in [0.15, 0.2) is 0 Å². The third kappa shape index (κ3) is 7.98. The molecule has 2 aliphatic heterocycles. The molecule has 9 heteroatoms. The fraction of sp³-hybridized carbons (Fsp3) is 0.263. The number of aromatic amines is 2. The van der Waals surface area contributed by atoms with E-state index < -0.39 is 11.9 Å². The molecule has 247 valence electrons. The number of hydrogen-bond donors (Lipinski definition) is 4. The summed E-state index contributed by atoms with van der Waals surface area (Å²) in [6.07, 6.45) is 4.22. The number of nitrogens with zero attached hydrogens (tertiary/aromatic N) is 2. The molecule has 0 aliphatic carbocycles. The van der Waals surface area contributed by atoms with E-state index in [1.807, 2.05) is 71.9 Å². The summed E-state index contributed by atoms with van der Waals surface area (Å²) in [5.41, 5.74) is 14.9. The predicted molar refractivity (Wildman–Crippen MR) is 189 cm³/mol. The number of H-pyrrole nitrogens is 2. The van der Waals surface area contributed by atoms with Crippen molar-refractivity contribution in [1.29, 1.82) is 0 Å². The molecule has 0 fully saturated rings. The van der Waals surface area contributed by atoms with Crippen LogP contribution in [0.15, 0.2) is 55.7 Å². The molecule has 5 heterocycles. The Morgan fingerprint density at radius 2 is 1.21 bits per heavy atom. The first kappa shape index (κ1) is 36.7. The number of aromatic nitrogens is 4. The monoisotopic (exact) mass is 677 g/mol. The van der Waals surface area contributed by atoms with E-state index in [0.29, 0.717) is 18.5 Å². The van der Waals surface area contributed by atoms with Crippen molar-refractivity contribution in [2.45, 2.75) is 67.2 Å². The third-order valence-electron chi connectivity index (χ3n) is 8.22. The summed E-state index contributed by atoms with van der Waals surface area (Å²) in [5, 5.41) is 18.9. The Labute approximate surface area is 286 Å². The van der Waals surface area contributed by atoms with Crippen LogP contribution in [0.3, 0.4) is 0 Å². The van der Waals surface area contributed by atoms with E-state index in [2.05, 4.69) is 29.7 Å². The summed E-state index contributed by atoms with van der Waals surface area (Å²) in [5.74, 6) is -1.76. The molecular formula is C38H42CoN4O4. The standard InChI is InChI=1S/C34H34N4O4.C4H8.Co/c1-7-21-17(3)25-13-26-19(5)23(9-11-33(39)40)31(37-26)16-32-24(10-12-34(41)42)20(6)28(38-32)15-30-22(8-2)18(4)27(36-30)14-29(21)35-25;1-4(2)3;/h7-8,13-16,35,38H,1-2,9-12H2,3-6H3,(H,39,40)(H,41,42);1H2,2-3H3;. The number of allylic oxidation sites excluding steroid dienone is 6. The van der Waals surface area contributed by atoms with E-state index in [9.17, 15) is 19.8 Å². The van der Waals surface area contributed by atoms with Gasteiger partial charge in [-0.25, -0.2) is 9.97 Å². The largest absolute Gasteiger partial charge is 0.481 e. The second-order valence-corrected chi connectivity index (χ2v) is 11.9. The number of fused-ring (bicyclic) bond motifs is 8. The number of carboxylic acid groups (broad SMARTS) is 2. The number of nitrogens with one attached hydrogen (secondary N) is 2. The molecule has 0 aromatic carbocycles. The maximum Gasteiger partial charge on any atom is 0.303 e. The summed E-state index contributed by atoms with van der Waals surface area (Å²) < 4.78 is 0. The number of carbonyl (C=O) groups is 2. The van der Waals surface area contributed by atoms with Gasteiger partial charge in [0.25, 0.3) is 0 Å². The van der Waals surface area contributed by atoms with Crippen molar-refractivity contribution in [2.75, 3.05) is 0 Å². The minimum absolute atomic E-state index is 0. The summed E-state index contributed by atoms with van der Waals surface area (Å²) >= 11 is 0. The maximum atomic E-state index is 11.5. The van der Waals surface area contributed by atoms with Crippen LogP contribution in [0.25, 0.3) is 50.4 Å². The number of hydrogen-bond acceptors (Lipinski definition) is 4. The van der Waals surface area contributed by atoms with Gasteiger partial charge in [-0.05, 0) is 112 Å². The molecule has 1 radical (unpaired) electrons. The molecule has 8 nitrogen and oxygen atoms in total. The van der Waals surface area contributed by atoms with Crippen molar-refractivity contribution in [3.63, 3.8) is 0 Å². The van der Waals surface area contributed by atoms with E-state index in [4.69, 9.17) is 9.97 Å². The second-order valence-electron chi connectivity index (χ2n) is 11.9. The van der Waals surface area contributed by atoms with Crippen molar-refractivity contribution < 1.29 is 36.6 Å². The first-order valence-electron chi connectivity index (χ1n) is 15.2. The van der Waals surface area contributed by atoms with Gasteiger partial charge in [-0.3, -0.25) is 9.59 Å². The number of aryl methyl sites for hydroxylation is 3. The van der Waals surface area contributed by atoms with Crippen LogP contribution in [-0.2, 0) is 32.8 Å². The van der Waals surface area contributed by atoms with Crippen molar-refractivity contribution >= 4 is 62.4 Å². The predicted octanol–water partition coefficient (Wildman–Crippen LogP) is 9.08. The average molecular weight is 678 g/mol. The maximum absolute atomic E-state index is 11.5. The summed E-state index contributed by atoms with van der Waals surface area (Å²) in [6, 6.07) is 7.88. The van der Waals surface area contributed by atoms with Gasteiger partial charge < -0.3 is 20.2 Å². The quantitative estimate of drug-likeness (QED) is 0.176. The molecule has 2 aliphatic rings. The molecule has 0 unspecified atom stereocenters. The SMILES string of the molecule is C=C(C)C.C=CC1=C(C)c2cc3[nH]c(cc4nc(cc5[nH]c(cc1n2)c(C)c5CCC(=O)O)C(CCC(=O)O)=C4C)c(C)c3C=C.[Co]. The average Bonchev–Trinajstić information content (AvgIpc) is 3.63.